The summed E-state index contributed by atoms with van der Waals surface area (Å²) >= 11 is 0. The maximum absolute atomic E-state index is 13.9. The van der Waals surface area contributed by atoms with E-state index in [-0.39, 0.29) is 36.2 Å². The number of rotatable bonds is 8. The van der Waals surface area contributed by atoms with Crippen LogP contribution in [0.4, 0.5) is 11.5 Å². The van der Waals surface area contributed by atoms with E-state index in [1.807, 2.05) is 36.5 Å². The molecule has 11 nitrogen and oxygen atoms in total. The second-order valence-corrected chi connectivity index (χ2v) is 11.8. The number of nitrogens with zero attached hydrogens (tertiary/aromatic N) is 3. The van der Waals surface area contributed by atoms with Crippen LogP contribution in [0, 0.1) is 11.8 Å². The molecule has 2 aromatic heterocycles. The van der Waals surface area contributed by atoms with Gasteiger partial charge in [0.25, 0.3) is 11.5 Å². The van der Waals surface area contributed by atoms with Gasteiger partial charge >= 0.3 is 0 Å². The standard InChI is InChI=1S/C33H39N7O4.ClH/c34-20-22-3-7-24(8-4-22)32(42)40(26-9-10-27-29(19-26)37-38-31(27)41)33(43)28(35)17-21-1-5-23(6-2-21)25-11-12-36-30(18-25)39-13-15-44-16-14-39;/h1-2,5-6,9-12,18-19,22,24,28H,3-4,7-8,13-17,20,34-35H2,(H2,37,38,41);1H/t22-,24-,28-;/m0./s1. The van der Waals surface area contributed by atoms with Gasteiger partial charge in [0, 0.05) is 25.2 Å². The summed E-state index contributed by atoms with van der Waals surface area (Å²) in [7, 11) is 0. The molecule has 0 unspecified atom stereocenters. The number of nitrogens with one attached hydrogen (secondary N) is 2. The number of ether oxygens (including phenoxy) is 1. The lowest BCUT2D eigenvalue weighted by Crippen LogP contribution is -2.50. The Morgan fingerprint density at radius 1 is 0.978 bits per heavy atom. The van der Waals surface area contributed by atoms with Crippen molar-refractivity contribution in [2.75, 3.05) is 42.6 Å². The first-order valence-corrected chi connectivity index (χ1v) is 15.3. The molecule has 1 atom stereocenters. The quantitative estimate of drug-likeness (QED) is 0.229. The number of carbonyl (C=O) groups excluding carboxylic acids is 2. The second-order valence-electron chi connectivity index (χ2n) is 11.8. The highest BCUT2D eigenvalue weighted by atomic mass is 35.5. The lowest BCUT2D eigenvalue weighted by molar-refractivity contribution is -0.130. The highest BCUT2D eigenvalue weighted by molar-refractivity contribution is 6.17. The van der Waals surface area contributed by atoms with Crippen molar-refractivity contribution in [3.05, 3.63) is 76.7 Å². The third-order valence-electron chi connectivity index (χ3n) is 8.93. The number of halogens is 1. The molecule has 12 heteroatoms. The Balaban J connectivity index is 0.00000400. The van der Waals surface area contributed by atoms with Gasteiger partial charge in [-0.15, -0.1) is 12.4 Å². The van der Waals surface area contributed by atoms with Crippen LogP contribution in [0.5, 0.6) is 0 Å². The summed E-state index contributed by atoms with van der Waals surface area (Å²) in [5, 5.41) is 5.82. The average Bonchev–Trinajstić information content (AvgIpc) is 3.45. The van der Waals surface area contributed by atoms with Crippen LogP contribution in [-0.4, -0.2) is 65.9 Å². The van der Waals surface area contributed by atoms with Gasteiger partial charge in [-0.25, -0.2) is 9.88 Å². The molecule has 4 aromatic rings. The number of anilines is 2. The fourth-order valence-corrected chi connectivity index (χ4v) is 6.26. The van der Waals surface area contributed by atoms with Crippen LogP contribution >= 0.6 is 12.4 Å². The summed E-state index contributed by atoms with van der Waals surface area (Å²) in [5.41, 5.74) is 16.0. The molecule has 1 aliphatic heterocycles. The van der Waals surface area contributed by atoms with E-state index in [4.69, 9.17) is 16.2 Å². The first-order valence-electron chi connectivity index (χ1n) is 15.3. The molecule has 6 rings (SSSR count). The van der Waals surface area contributed by atoms with Gasteiger partial charge in [0.2, 0.25) is 5.91 Å². The van der Waals surface area contributed by atoms with Crippen LogP contribution in [0.3, 0.4) is 0 Å². The third kappa shape index (κ3) is 7.12. The van der Waals surface area contributed by atoms with Gasteiger partial charge in [-0.05, 0) is 91.6 Å². The van der Waals surface area contributed by atoms with E-state index in [0.717, 1.165) is 48.4 Å². The third-order valence-corrected chi connectivity index (χ3v) is 8.93. The molecule has 1 saturated carbocycles. The van der Waals surface area contributed by atoms with E-state index in [1.165, 1.54) is 4.90 Å². The smallest absolute Gasteiger partial charge is 0.271 e. The summed E-state index contributed by atoms with van der Waals surface area (Å²) in [6.45, 7) is 3.61. The molecule has 45 heavy (non-hydrogen) atoms. The van der Waals surface area contributed by atoms with Gasteiger partial charge < -0.3 is 21.1 Å². The Labute approximate surface area is 267 Å². The summed E-state index contributed by atoms with van der Waals surface area (Å²) in [5.74, 6) is 0.291. The molecule has 0 bridgehead atoms. The normalized spacial score (nSPS) is 19.1. The summed E-state index contributed by atoms with van der Waals surface area (Å²) in [6.07, 6.45) is 5.13. The number of nitrogens with two attached hydrogens (primary N) is 2. The molecule has 3 heterocycles. The van der Waals surface area contributed by atoms with E-state index in [0.29, 0.717) is 55.1 Å². The van der Waals surface area contributed by atoms with E-state index in [1.54, 1.807) is 18.2 Å². The van der Waals surface area contributed by atoms with E-state index in [9.17, 15) is 14.4 Å². The first-order chi connectivity index (χ1) is 21.4. The predicted molar refractivity (Wildman–Crippen MR) is 178 cm³/mol. The Morgan fingerprint density at radius 3 is 2.42 bits per heavy atom. The molecule has 0 spiro atoms. The fourth-order valence-electron chi connectivity index (χ4n) is 6.26. The highest BCUT2D eigenvalue weighted by Gasteiger charge is 2.35. The number of benzene rings is 2. The molecule has 2 fully saturated rings. The molecular weight excluding hydrogens is 594 g/mol. The van der Waals surface area contributed by atoms with Gasteiger partial charge in [-0.3, -0.25) is 24.6 Å². The Kier molecular flexibility index (Phi) is 10.3. The number of amides is 2. The van der Waals surface area contributed by atoms with Crippen LogP contribution in [0.25, 0.3) is 22.0 Å². The minimum atomic E-state index is -0.944. The van der Waals surface area contributed by atoms with E-state index in [2.05, 4.69) is 26.1 Å². The van der Waals surface area contributed by atoms with Crippen molar-refractivity contribution in [1.29, 1.82) is 0 Å². The summed E-state index contributed by atoms with van der Waals surface area (Å²) in [6, 6.07) is 16.0. The van der Waals surface area contributed by atoms with Crippen molar-refractivity contribution in [2.24, 2.45) is 23.3 Å². The number of H-pyrrole nitrogens is 2. The molecule has 2 amide bonds. The molecule has 238 valence electrons. The van der Waals surface area contributed by atoms with Crippen molar-refractivity contribution in [2.45, 2.75) is 38.1 Å². The second kappa shape index (κ2) is 14.4. The lowest BCUT2D eigenvalue weighted by atomic mass is 9.81. The number of carbonyl (C=O) groups is 2. The average molecular weight is 634 g/mol. The zero-order chi connectivity index (χ0) is 30.6. The largest absolute Gasteiger partial charge is 0.378 e. The number of pyridine rings is 1. The van der Waals surface area contributed by atoms with Gasteiger partial charge in [-0.1, -0.05) is 24.3 Å². The van der Waals surface area contributed by atoms with Crippen molar-refractivity contribution in [1.82, 2.24) is 15.2 Å². The summed E-state index contributed by atoms with van der Waals surface area (Å²) < 4.78 is 5.46. The molecule has 6 N–H and O–H groups in total. The van der Waals surface area contributed by atoms with E-state index >= 15 is 0 Å². The Bertz CT molecular complexity index is 1670. The maximum Gasteiger partial charge on any atom is 0.271 e. The first kappa shape index (κ1) is 32.4. The molecule has 1 aliphatic carbocycles. The predicted octanol–water partition coefficient (Wildman–Crippen LogP) is 3.37. The van der Waals surface area contributed by atoms with Crippen molar-refractivity contribution in [3.63, 3.8) is 0 Å². The maximum atomic E-state index is 13.9. The number of morpholine rings is 1. The van der Waals surface area contributed by atoms with Gasteiger partial charge in [0.1, 0.15) is 5.82 Å². The van der Waals surface area contributed by atoms with Crippen LogP contribution in [0.1, 0.15) is 31.2 Å². The Hall–Kier alpha value is -4.03. The van der Waals surface area contributed by atoms with Crippen LogP contribution < -0.4 is 26.8 Å². The van der Waals surface area contributed by atoms with Crippen molar-refractivity contribution in [3.8, 4) is 11.1 Å². The zero-order valence-electron chi connectivity index (χ0n) is 25.1. The SMILES string of the molecule is Cl.NC[C@H]1CC[C@H](C(=O)N(C(=O)[C@@H](N)Cc2ccc(-c3ccnc(N4CCOCC4)c3)cc2)c2ccc3c(=O)[nH][nH]c3c2)CC1. The van der Waals surface area contributed by atoms with Gasteiger partial charge in [0.05, 0.1) is 35.8 Å². The highest BCUT2D eigenvalue weighted by Crippen LogP contribution is 2.32. The number of fused-ring (bicyclic) bond motifs is 1. The molecule has 2 aliphatic rings. The van der Waals surface area contributed by atoms with Crippen LogP contribution in [0.2, 0.25) is 0 Å². The Morgan fingerprint density at radius 2 is 1.71 bits per heavy atom. The molecule has 0 radical (unpaired) electrons. The van der Waals surface area contributed by atoms with Crippen LogP contribution in [-0.2, 0) is 20.7 Å². The van der Waals surface area contributed by atoms with Crippen molar-refractivity contribution < 1.29 is 14.3 Å². The number of hydrogen-bond acceptors (Lipinski definition) is 8. The number of aromatic amines is 2. The molecule has 2 aromatic carbocycles. The van der Waals surface area contributed by atoms with Gasteiger partial charge in [0.15, 0.2) is 0 Å². The number of imide groups is 1. The fraction of sp³-hybridized carbons (Fsp3) is 0.394. The van der Waals surface area contributed by atoms with Gasteiger partial charge in [-0.2, -0.15) is 0 Å². The lowest BCUT2D eigenvalue weighted by Gasteiger charge is -2.32. The minimum absolute atomic E-state index is 0. The topological polar surface area (TPSA) is 163 Å². The van der Waals surface area contributed by atoms with E-state index < -0.39 is 11.9 Å². The number of aromatic nitrogens is 3. The number of hydrogen-bond donors (Lipinski definition) is 4. The zero-order valence-corrected chi connectivity index (χ0v) is 25.9. The molecule has 1 saturated heterocycles. The minimum Gasteiger partial charge on any atom is -0.378 e. The van der Waals surface area contributed by atoms with Crippen LogP contribution in [0.15, 0.2) is 65.6 Å². The van der Waals surface area contributed by atoms with Crippen molar-refractivity contribution >= 4 is 46.6 Å². The molecular formula is C33H40ClN7O4. The summed E-state index contributed by atoms with van der Waals surface area (Å²) in [4.78, 5) is 47.9. The monoisotopic (exact) mass is 633 g/mol.